The summed E-state index contributed by atoms with van der Waals surface area (Å²) in [7, 11) is 0. The minimum atomic E-state index is 0.489. The first-order valence-electron chi connectivity index (χ1n) is 50.6. The van der Waals surface area contributed by atoms with Crippen molar-refractivity contribution in [2.75, 3.05) is 0 Å². The van der Waals surface area contributed by atoms with Gasteiger partial charge in [0, 0.05) is 115 Å². The highest BCUT2D eigenvalue weighted by molar-refractivity contribution is 6.32. The number of nitrogens with zero attached hydrogens (tertiary/aromatic N) is 15. The van der Waals surface area contributed by atoms with Crippen LogP contribution in [0.5, 0.6) is 0 Å². The van der Waals surface area contributed by atoms with Crippen LogP contribution in [0.4, 0.5) is 0 Å². The molecule has 15 heteroatoms. The highest BCUT2D eigenvalue weighted by Crippen LogP contribution is 2.51. The molecule has 150 heavy (non-hydrogen) atoms. The van der Waals surface area contributed by atoms with E-state index in [1.165, 1.54) is 21.5 Å². The molecule has 0 bridgehead atoms. The van der Waals surface area contributed by atoms with Crippen LogP contribution in [0, 0.1) is 0 Å². The summed E-state index contributed by atoms with van der Waals surface area (Å²) in [5, 5.41) is 20.0. The second-order valence-corrected chi connectivity index (χ2v) is 38.7. The van der Waals surface area contributed by atoms with Crippen molar-refractivity contribution in [1.29, 1.82) is 0 Å². The quantitative estimate of drug-likeness (QED) is 0.0979. The fourth-order valence-corrected chi connectivity index (χ4v) is 23.6. The van der Waals surface area contributed by atoms with Crippen molar-refractivity contribution in [3.63, 3.8) is 0 Å². The number of para-hydroxylation sites is 3. The topological polar surface area (TPSA) is 146 Å². The van der Waals surface area contributed by atoms with Crippen LogP contribution < -0.4 is 0 Å². The smallest absolute Gasteiger partial charge is 0.238 e. The molecule has 0 spiro atoms. The Bertz CT molecular complexity index is 10900. The molecule has 0 aliphatic carbocycles. The minimum absolute atomic E-state index is 0.489. The first-order chi connectivity index (χ1) is 74.4. The normalized spacial score (nSPS) is 12.0. The van der Waals surface area contributed by atoms with E-state index in [0.717, 1.165) is 225 Å². The van der Waals surface area contributed by atoms with Crippen LogP contribution in [0.15, 0.2) is 491 Å². The number of fused-ring (bicyclic) bond motifs is 26. The zero-order valence-electron chi connectivity index (χ0n) is 80.5. The Morgan fingerprint density at radius 2 is 0.420 bits per heavy atom. The second kappa shape index (κ2) is 33.5. The van der Waals surface area contributed by atoms with Gasteiger partial charge in [0.05, 0.1) is 66.2 Å². The molecule has 31 rings (SSSR count). The first-order valence-corrected chi connectivity index (χ1v) is 50.6. The monoisotopic (exact) mass is 1910 g/mol. The lowest BCUT2D eigenvalue weighted by Crippen LogP contribution is -2.07. The molecule has 22 aromatic carbocycles. The third kappa shape index (κ3) is 13.2. The molecule has 31 aromatic rings. The third-order valence-corrected chi connectivity index (χ3v) is 30.3. The van der Waals surface area contributed by atoms with Gasteiger partial charge in [0.1, 0.15) is 0 Å². The molecule has 0 aliphatic heterocycles. The average Bonchev–Trinajstić information content (AvgIpc) is 1.53. The fourth-order valence-electron chi connectivity index (χ4n) is 23.6. The van der Waals surface area contributed by atoms with Crippen molar-refractivity contribution in [2.45, 2.75) is 0 Å². The highest BCUT2D eigenvalue weighted by Gasteiger charge is 2.32. The summed E-state index contributed by atoms with van der Waals surface area (Å²) in [5.74, 6) is 4.87. The third-order valence-electron chi connectivity index (χ3n) is 30.3. The van der Waals surface area contributed by atoms with Crippen molar-refractivity contribution in [3.8, 4) is 137 Å². The number of rotatable bonds is 15. The van der Waals surface area contributed by atoms with E-state index >= 15 is 0 Å². The van der Waals surface area contributed by atoms with Crippen molar-refractivity contribution < 1.29 is 0 Å². The molecule has 0 amide bonds. The molecule has 0 unspecified atom stereocenters. The van der Waals surface area contributed by atoms with Crippen molar-refractivity contribution in [2.24, 2.45) is 0 Å². The summed E-state index contributed by atoms with van der Waals surface area (Å²) in [5.41, 5.74) is 26.6. The maximum absolute atomic E-state index is 5.82. The molecule has 0 aliphatic rings. The maximum Gasteiger partial charge on any atom is 0.238 e. The van der Waals surface area contributed by atoms with E-state index < -0.39 is 0 Å². The Hall–Kier alpha value is -20.6. The van der Waals surface area contributed by atoms with E-state index in [0.29, 0.717) is 52.8 Å². The van der Waals surface area contributed by atoms with Crippen molar-refractivity contribution >= 4 is 163 Å². The number of hydrogen-bond donors (Lipinski definition) is 0. The van der Waals surface area contributed by atoms with Gasteiger partial charge in [-0.15, -0.1) is 0 Å². The predicted octanol–water partition coefficient (Wildman–Crippen LogP) is 33.3. The largest absolute Gasteiger partial charge is 0.307 e. The Balaban J connectivity index is 0.589. The first kappa shape index (κ1) is 84.0. The van der Waals surface area contributed by atoms with Gasteiger partial charge >= 0.3 is 0 Å². The van der Waals surface area contributed by atoms with Crippen LogP contribution in [0.25, 0.3) is 300 Å². The van der Waals surface area contributed by atoms with Crippen LogP contribution in [-0.2, 0) is 0 Å². The molecule has 9 aromatic heterocycles. The molecule has 0 fully saturated rings. The summed E-state index contributed by atoms with van der Waals surface area (Å²) in [6, 6.07) is 176. The van der Waals surface area contributed by atoms with Crippen molar-refractivity contribution in [1.82, 2.24) is 72.3 Å². The summed E-state index contributed by atoms with van der Waals surface area (Å²) in [6.45, 7) is 0. The van der Waals surface area contributed by atoms with Gasteiger partial charge in [-0.3, -0.25) is 13.7 Å². The molecule has 0 N–H and O–H groups in total. The zero-order valence-corrected chi connectivity index (χ0v) is 80.5. The maximum atomic E-state index is 5.82. The van der Waals surface area contributed by atoms with E-state index in [4.69, 9.17) is 44.9 Å². The number of hydrogen-bond acceptors (Lipinski definition) is 9. The lowest BCUT2D eigenvalue weighted by Gasteiger charge is -2.16. The lowest BCUT2D eigenvalue weighted by molar-refractivity contribution is 0.953. The molecule has 0 saturated heterocycles. The van der Waals surface area contributed by atoms with Gasteiger partial charge in [0.2, 0.25) is 17.8 Å². The molecule has 696 valence electrons. The summed E-state index contributed by atoms with van der Waals surface area (Å²) in [4.78, 5) is 49.4. The van der Waals surface area contributed by atoms with Gasteiger partial charge in [-0.05, 0) is 151 Å². The summed E-state index contributed by atoms with van der Waals surface area (Å²) < 4.78 is 14.2. The van der Waals surface area contributed by atoms with Crippen LogP contribution in [-0.4, -0.2) is 72.3 Å². The number of benzene rings is 22. The average molecular weight is 1910 g/mol. The van der Waals surface area contributed by atoms with Crippen LogP contribution in [0.2, 0.25) is 0 Å². The Labute approximate surface area is 857 Å². The molecular weight excluding hydrogens is 1830 g/mol. The van der Waals surface area contributed by atoms with Crippen LogP contribution in [0.1, 0.15) is 0 Å². The molecule has 15 nitrogen and oxygen atoms in total. The standard InChI is InChI=1S/C135H81N15/c1-6-35-86(36-7-1)127-136-128(87-37-8-2-9-38-87)140-133(139-127)148-114-58-28-25-55-104(114)107-70-69-106-103-54-24-27-57-113(103)145(121(106)123(107)148)96-66-61-85(62-67-96)99-50-22-23-51-100(99)94-47-31-49-97(80-94)146-116-75-65-93(81-112(116)109-72-71-108-105-56-26-29-59-115(105)149(124(108)122(109)146)134-141-129(88-39-10-3-11-40-88)137-130(142-134)89-41-12-4-13-42-89)91-46-30-48-95(78-91)132-138-131(90-43-14-5-15-44-90)143-135(144-132)150-118-77-64-84-34-19-21-53-102(84)120(118)111-74-73-110-119-101-52-20-18-33-83(101)63-76-117(119)147(125(110)126(111)150)98-68-60-82-32-16-17-45-92(82)79-98/h1-81H. The Morgan fingerprint density at radius 3 is 0.913 bits per heavy atom. The van der Waals surface area contributed by atoms with Gasteiger partial charge in [-0.2, -0.15) is 29.9 Å². The van der Waals surface area contributed by atoms with E-state index in [1.807, 2.05) is 78.9 Å². The van der Waals surface area contributed by atoms with E-state index in [2.05, 4.69) is 440 Å². The summed E-state index contributed by atoms with van der Waals surface area (Å²) in [6.07, 6.45) is 0. The van der Waals surface area contributed by atoms with Gasteiger partial charge in [-0.1, -0.05) is 406 Å². The van der Waals surface area contributed by atoms with Gasteiger partial charge < -0.3 is 13.7 Å². The lowest BCUT2D eigenvalue weighted by atomic mass is 9.94. The van der Waals surface area contributed by atoms with Gasteiger partial charge in [0.25, 0.3) is 0 Å². The molecule has 0 atom stereocenters. The van der Waals surface area contributed by atoms with Gasteiger partial charge in [-0.25, -0.2) is 15.0 Å². The minimum Gasteiger partial charge on any atom is -0.307 e. The molecular formula is C135H81N15. The molecule has 0 saturated carbocycles. The number of aromatic nitrogens is 15. The van der Waals surface area contributed by atoms with E-state index in [1.54, 1.807) is 0 Å². The molecule has 9 heterocycles. The molecule has 0 radical (unpaired) electrons. The second-order valence-electron chi connectivity index (χ2n) is 38.7. The van der Waals surface area contributed by atoms with Crippen LogP contribution in [0.3, 0.4) is 0 Å². The van der Waals surface area contributed by atoms with Gasteiger partial charge in [0.15, 0.2) is 34.9 Å². The predicted molar refractivity (Wildman–Crippen MR) is 614 cm³/mol. The van der Waals surface area contributed by atoms with E-state index in [9.17, 15) is 0 Å². The SMILES string of the molecule is c1ccc(-c2nc(-c3ccccc3)nc(-n3c4ccccc4c4ccc5c6ccccc6n(-c6ccc(-c7ccccc7-c7cccc(-n8c9ccc(-c%10cccc(-c%11nc(-c%12ccccc%12)nc(-n%12c%13ccc%14ccccc%14c%13c%13ccc%14c%15c%16ccccc%16ccc%15n(-c%15ccc%16ccccc%16c%15)c%14c%13%12)n%11)c%10)cc9c9ccc%10c%11ccccc%11n(-c%11nc(-c%12ccccc%12)nc(-c%12ccccc%12)n%11)c%10c98)c7)cc6)c5c43)n2)cc1. The highest BCUT2D eigenvalue weighted by atomic mass is 15.2. The zero-order chi connectivity index (χ0) is 98.3. The Morgan fingerprint density at radius 1 is 0.127 bits per heavy atom. The fraction of sp³-hybridized carbons (Fsp3) is 0. The van der Waals surface area contributed by atoms with Crippen molar-refractivity contribution in [3.05, 3.63) is 491 Å². The van der Waals surface area contributed by atoms with Crippen LogP contribution >= 0.6 is 0 Å². The summed E-state index contributed by atoms with van der Waals surface area (Å²) >= 11 is 0. The Kier molecular flexibility index (Phi) is 18.8. The van der Waals surface area contributed by atoms with E-state index in [-0.39, 0.29) is 0 Å².